The Morgan fingerprint density at radius 2 is 2.09 bits per heavy atom. The Bertz CT molecular complexity index is 740. The van der Waals surface area contributed by atoms with E-state index in [1.165, 1.54) is 12.3 Å². The van der Waals surface area contributed by atoms with Gasteiger partial charge in [-0.25, -0.2) is 5.43 Å². The second kappa shape index (κ2) is 7.50. The number of nitrogens with zero attached hydrogens (tertiary/aromatic N) is 2. The third kappa shape index (κ3) is 4.62. The molecule has 0 aliphatic rings. The van der Waals surface area contributed by atoms with E-state index < -0.39 is 10.8 Å². The molecular formula is C15H15N3O4S. The van der Waals surface area contributed by atoms with Crippen LogP contribution in [0, 0.1) is 10.1 Å². The lowest BCUT2D eigenvalue weighted by Crippen LogP contribution is -2.19. The summed E-state index contributed by atoms with van der Waals surface area (Å²) in [4.78, 5) is 22.8. The van der Waals surface area contributed by atoms with Crippen molar-refractivity contribution < 1.29 is 14.5 Å². The highest BCUT2D eigenvalue weighted by Gasteiger charge is 2.12. The minimum Gasteiger partial charge on any atom is -0.490 e. The largest absolute Gasteiger partial charge is 0.490 e. The molecule has 0 saturated carbocycles. The SMILES string of the molecule is CC(C)Oc1ccccc1C(=O)N/N=C\c1ccc([N+](=O)[O-])s1. The third-order valence-corrected chi connectivity index (χ3v) is 3.62. The summed E-state index contributed by atoms with van der Waals surface area (Å²) in [6, 6.07) is 9.81. The van der Waals surface area contributed by atoms with Gasteiger partial charge >= 0.3 is 5.00 Å². The summed E-state index contributed by atoms with van der Waals surface area (Å²) in [5, 5.41) is 14.4. The van der Waals surface area contributed by atoms with Crippen molar-refractivity contribution in [3.63, 3.8) is 0 Å². The number of nitrogens with one attached hydrogen (secondary N) is 1. The zero-order chi connectivity index (χ0) is 16.8. The Morgan fingerprint density at radius 3 is 2.74 bits per heavy atom. The second-order valence-electron chi connectivity index (χ2n) is 4.80. The maximum Gasteiger partial charge on any atom is 0.324 e. The van der Waals surface area contributed by atoms with Crippen molar-refractivity contribution in [1.29, 1.82) is 0 Å². The van der Waals surface area contributed by atoms with Crippen LogP contribution in [0.15, 0.2) is 41.5 Å². The van der Waals surface area contributed by atoms with Crippen molar-refractivity contribution in [2.45, 2.75) is 20.0 Å². The van der Waals surface area contributed by atoms with Crippen molar-refractivity contribution in [2.24, 2.45) is 5.10 Å². The van der Waals surface area contributed by atoms with Gasteiger partial charge in [0.2, 0.25) is 0 Å². The van der Waals surface area contributed by atoms with Crippen molar-refractivity contribution in [1.82, 2.24) is 5.43 Å². The van der Waals surface area contributed by atoms with Gasteiger partial charge in [0.15, 0.2) is 0 Å². The van der Waals surface area contributed by atoms with E-state index >= 15 is 0 Å². The number of ether oxygens (including phenoxy) is 1. The molecule has 0 unspecified atom stereocenters. The first-order valence-electron chi connectivity index (χ1n) is 6.80. The number of rotatable bonds is 6. The number of hydrazone groups is 1. The number of para-hydroxylation sites is 1. The predicted octanol–water partition coefficient (Wildman–Crippen LogP) is 3.21. The molecule has 0 atom stereocenters. The van der Waals surface area contributed by atoms with Gasteiger partial charge in [0.25, 0.3) is 5.91 Å². The fourth-order valence-electron chi connectivity index (χ4n) is 1.74. The van der Waals surface area contributed by atoms with E-state index in [9.17, 15) is 14.9 Å². The molecule has 0 bridgehead atoms. The van der Waals surface area contributed by atoms with E-state index in [0.717, 1.165) is 11.3 Å². The summed E-state index contributed by atoms with van der Waals surface area (Å²) < 4.78 is 5.58. The van der Waals surface area contributed by atoms with E-state index in [4.69, 9.17) is 4.74 Å². The maximum atomic E-state index is 12.1. The van der Waals surface area contributed by atoms with Crippen LogP contribution >= 0.6 is 11.3 Å². The van der Waals surface area contributed by atoms with Gasteiger partial charge in [0, 0.05) is 6.07 Å². The minimum atomic E-state index is -0.472. The van der Waals surface area contributed by atoms with Crippen LogP contribution in [0.2, 0.25) is 0 Å². The highest BCUT2D eigenvalue weighted by atomic mass is 32.1. The fraction of sp³-hybridized carbons (Fsp3) is 0.200. The van der Waals surface area contributed by atoms with Crippen LogP contribution in [0.25, 0.3) is 0 Å². The number of carbonyl (C=O) groups is 1. The monoisotopic (exact) mass is 333 g/mol. The molecule has 0 aliphatic carbocycles. The van der Waals surface area contributed by atoms with Crippen molar-refractivity contribution >= 4 is 28.5 Å². The van der Waals surface area contributed by atoms with Gasteiger partial charge in [-0.1, -0.05) is 23.5 Å². The Kier molecular flexibility index (Phi) is 5.42. The lowest BCUT2D eigenvalue weighted by atomic mass is 10.2. The molecule has 7 nitrogen and oxygen atoms in total. The first-order valence-corrected chi connectivity index (χ1v) is 7.62. The highest BCUT2D eigenvalue weighted by Crippen LogP contribution is 2.22. The average molecular weight is 333 g/mol. The molecule has 120 valence electrons. The standard InChI is InChI=1S/C15H15N3O4S/c1-10(2)22-13-6-4-3-5-12(13)15(19)17-16-9-11-7-8-14(23-11)18(20)21/h3-10H,1-2H3,(H,17,19)/b16-9-. The fourth-order valence-corrected chi connectivity index (χ4v) is 2.43. The molecular weight excluding hydrogens is 318 g/mol. The number of nitro groups is 1. The van der Waals surface area contributed by atoms with Gasteiger partial charge in [-0.15, -0.1) is 0 Å². The molecule has 23 heavy (non-hydrogen) atoms. The Hall–Kier alpha value is -2.74. The van der Waals surface area contributed by atoms with E-state index in [1.807, 2.05) is 13.8 Å². The van der Waals surface area contributed by atoms with Gasteiger partial charge in [0.1, 0.15) is 5.75 Å². The maximum absolute atomic E-state index is 12.1. The Morgan fingerprint density at radius 1 is 1.35 bits per heavy atom. The molecule has 0 spiro atoms. The zero-order valence-corrected chi connectivity index (χ0v) is 13.4. The van der Waals surface area contributed by atoms with Crippen LogP contribution in [0.5, 0.6) is 5.75 Å². The number of amides is 1. The van der Waals surface area contributed by atoms with Gasteiger partial charge in [0.05, 0.1) is 27.7 Å². The quantitative estimate of drug-likeness (QED) is 0.499. The first kappa shape index (κ1) is 16.6. The summed E-state index contributed by atoms with van der Waals surface area (Å²) in [6.45, 7) is 3.74. The average Bonchev–Trinajstić information content (AvgIpc) is 2.96. The van der Waals surface area contributed by atoms with Crippen LogP contribution in [0.3, 0.4) is 0 Å². The summed E-state index contributed by atoms with van der Waals surface area (Å²) in [5.41, 5.74) is 2.76. The second-order valence-corrected chi connectivity index (χ2v) is 5.89. The summed E-state index contributed by atoms with van der Waals surface area (Å²) in [5.74, 6) is 0.0607. The molecule has 8 heteroatoms. The van der Waals surface area contributed by atoms with E-state index in [1.54, 1.807) is 30.3 Å². The number of carbonyl (C=O) groups excluding carboxylic acids is 1. The minimum absolute atomic E-state index is 0.0217. The highest BCUT2D eigenvalue weighted by molar-refractivity contribution is 7.16. The Labute approximate surface area is 136 Å². The number of hydrogen-bond acceptors (Lipinski definition) is 6. The molecule has 0 fully saturated rings. The van der Waals surface area contributed by atoms with Crippen LogP contribution in [0.4, 0.5) is 5.00 Å². The summed E-state index contributed by atoms with van der Waals surface area (Å²) >= 11 is 0.976. The molecule has 1 aromatic heterocycles. The molecule has 2 rings (SSSR count). The van der Waals surface area contributed by atoms with Gasteiger partial charge < -0.3 is 4.74 Å². The molecule has 1 heterocycles. The van der Waals surface area contributed by atoms with Crippen molar-refractivity contribution in [3.8, 4) is 5.75 Å². The molecule has 1 amide bonds. The van der Waals surface area contributed by atoms with Crippen LogP contribution in [-0.4, -0.2) is 23.1 Å². The number of thiophene rings is 1. The molecule has 0 radical (unpaired) electrons. The summed E-state index contributed by atoms with van der Waals surface area (Å²) in [6.07, 6.45) is 1.31. The van der Waals surface area contributed by atoms with Gasteiger partial charge in [-0.3, -0.25) is 14.9 Å². The van der Waals surface area contributed by atoms with E-state index in [0.29, 0.717) is 16.2 Å². The van der Waals surface area contributed by atoms with Gasteiger partial charge in [-0.05, 0) is 32.0 Å². The first-order chi connectivity index (χ1) is 11.0. The van der Waals surface area contributed by atoms with Gasteiger partial charge in [-0.2, -0.15) is 5.10 Å². The Balaban J connectivity index is 2.04. The predicted molar refractivity (Wildman–Crippen MR) is 88.2 cm³/mol. The molecule has 0 saturated heterocycles. The smallest absolute Gasteiger partial charge is 0.324 e. The molecule has 1 aromatic carbocycles. The molecule has 0 aliphatic heterocycles. The third-order valence-electron chi connectivity index (χ3n) is 2.64. The lowest BCUT2D eigenvalue weighted by Gasteiger charge is -2.12. The number of benzene rings is 1. The van der Waals surface area contributed by atoms with Crippen molar-refractivity contribution in [2.75, 3.05) is 0 Å². The summed E-state index contributed by atoms with van der Waals surface area (Å²) in [7, 11) is 0. The van der Waals surface area contributed by atoms with E-state index in [2.05, 4.69) is 10.5 Å². The molecule has 1 N–H and O–H groups in total. The molecule has 2 aromatic rings. The topological polar surface area (TPSA) is 93.8 Å². The normalized spacial score (nSPS) is 10.9. The number of hydrogen-bond donors (Lipinski definition) is 1. The van der Waals surface area contributed by atoms with Crippen molar-refractivity contribution in [3.05, 3.63) is 57.0 Å². The zero-order valence-electron chi connectivity index (χ0n) is 12.6. The van der Waals surface area contributed by atoms with Crippen LogP contribution in [-0.2, 0) is 0 Å². The van der Waals surface area contributed by atoms with Crippen LogP contribution in [0.1, 0.15) is 29.1 Å². The van der Waals surface area contributed by atoms with Crippen LogP contribution < -0.4 is 10.2 Å². The van der Waals surface area contributed by atoms with E-state index in [-0.39, 0.29) is 11.1 Å². The lowest BCUT2D eigenvalue weighted by molar-refractivity contribution is -0.380.